The SMILES string of the molecule is CSc1nc(C(=O)Nc2ccc(F)cc2Br)c2ccccn12. The Morgan fingerprint density at radius 2 is 2.18 bits per heavy atom. The number of rotatable bonds is 3. The van der Waals surface area contributed by atoms with Gasteiger partial charge in [-0.25, -0.2) is 9.37 Å². The Hall–Kier alpha value is -1.86. The average Bonchev–Trinajstić information content (AvgIpc) is 2.89. The molecule has 2 aromatic heterocycles. The van der Waals surface area contributed by atoms with Crippen molar-refractivity contribution in [2.75, 3.05) is 11.6 Å². The molecule has 3 aromatic rings. The van der Waals surface area contributed by atoms with E-state index in [4.69, 9.17) is 0 Å². The van der Waals surface area contributed by atoms with E-state index in [0.29, 0.717) is 15.9 Å². The van der Waals surface area contributed by atoms with Crippen molar-refractivity contribution in [3.63, 3.8) is 0 Å². The molecule has 2 heterocycles. The van der Waals surface area contributed by atoms with Gasteiger partial charge in [0.15, 0.2) is 10.9 Å². The first-order valence-corrected chi connectivity index (χ1v) is 8.39. The highest BCUT2D eigenvalue weighted by atomic mass is 79.9. The summed E-state index contributed by atoms with van der Waals surface area (Å²) >= 11 is 4.69. The molecule has 1 N–H and O–H groups in total. The van der Waals surface area contributed by atoms with Crippen LogP contribution in [0.5, 0.6) is 0 Å². The molecule has 0 bridgehead atoms. The lowest BCUT2D eigenvalue weighted by molar-refractivity contribution is 0.102. The molecule has 0 saturated carbocycles. The molecule has 0 spiro atoms. The maximum atomic E-state index is 13.1. The third-order valence-electron chi connectivity index (χ3n) is 3.09. The van der Waals surface area contributed by atoms with Crippen molar-refractivity contribution in [2.45, 2.75) is 5.16 Å². The summed E-state index contributed by atoms with van der Waals surface area (Å²) in [5.74, 6) is -0.710. The normalized spacial score (nSPS) is 10.9. The first-order chi connectivity index (χ1) is 10.6. The standard InChI is InChI=1S/C15H11BrFN3OS/c1-22-15-19-13(12-4-2-3-7-20(12)15)14(21)18-11-6-5-9(17)8-10(11)16/h2-8H,1H3,(H,18,21). The zero-order valence-corrected chi connectivity index (χ0v) is 13.9. The highest BCUT2D eigenvalue weighted by molar-refractivity contribution is 9.10. The Morgan fingerprint density at radius 1 is 1.36 bits per heavy atom. The Balaban J connectivity index is 1.99. The minimum Gasteiger partial charge on any atom is -0.320 e. The van der Waals surface area contributed by atoms with Gasteiger partial charge in [-0.2, -0.15) is 0 Å². The number of aromatic nitrogens is 2. The molecule has 0 fully saturated rings. The lowest BCUT2D eigenvalue weighted by atomic mass is 10.2. The van der Waals surface area contributed by atoms with Crippen LogP contribution in [-0.4, -0.2) is 21.5 Å². The summed E-state index contributed by atoms with van der Waals surface area (Å²) in [5.41, 5.74) is 1.55. The lowest BCUT2D eigenvalue weighted by Gasteiger charge is -2.06. The van der Waals surface area contributed by atoms with Gasteiger partial charge in [0, 0.05) is 10.7 Å². The molecule has 1 aromatic carbocycles. The average molecular weight is 380 g/mol. The number of hydrogen-bond acceptors (Lipinski definition) is 3. The third-order valence-corrected chi connectivity index (χ3v) is 4.40. The molecular weight excluding hydrogens is 369 g/mol. The second kappa shape index (κ2) is 6.10. The monoisotopic (exact) mass is 379 g/mol. The maximum absolute atomic E-state index is 13.1. The number of carbonyl (C=O) groups excluding carboxylic acids is 1. The Kier molecular flexibility index (Phi) is 4.17. The quantitative estimate of drug-likeness (QED) is 0.693. The molecule has 0 aliphatic rings. The second-order valence-electron chi connectivity index (χ2n) is 4.48. The number of benzene rings is 1. The van der Waals surface area contributed by atoms with Crippen LogP contribution < -0.4 is 5.32 Å². The zero-order valence-electron chi connectivity index (χ0n) is 11.5. The van der Waals surface area contributed by atoms with Crippen LogP contribution >= 0.6 is 27.7 Å². The molecule has 0 radical (unpaired) electrons. The van der Waals surface area contributed by atoms with E-state index in [0.717, 1.165) is 10.7 Å². The van der Waals surface area contributed by atoms with Crippen LogP contribution in [0.15, 0.2) is 52.2 Å². The number of nitrogens with zero attached hydrogens (tertiary/aromatic N) is 2. The van der Waals surface area contributed by atoms with Crippen LogP contribution in [0, 0.1) is 5.82 Å². The van der Waals surface area contributed by atoms with Crippen LogP contribution in [-0.2, 0) is 0 Å². The van der Waals surface area contributed by atoms with Gasteiger partial charge in [0.1, 0.15) is 5.82 Å². The van der Waals surface area contributed by atoms with Gasteiger partial charge in [-0.05, 0) is 52.5 Å². The van der Waals surface area contributed by atoms with E-state index in [1.165, 1.54) is 30.0 Å². The number of imidazole rings is 1. The van der Waals surface area contributed by atoms with Gasteiger partial charge in [-0.3, -0.25) is 9.20 Å². The molecule has 0 saturated heterocycles. The Morgan fingerprint density at radius 3 is 2.91 bits per heavy atom. The van der Waals surface area contributed by atoms with Crippen molar-refractivity contribution in [3.05, 3.63) is 58.6 Å². The molecule has 22 heavy (non-hydrogen) atoms. The molecule has 4 nitrogen and oxygen atoms in total. The fourth-order valence-corrected chi connectivity index (χ4v) is 3.08. The van der Waals surface area contributed by atoms with E-state index in [1.807, 2.05) is 35.1 Å². The molecule has 112 valence electrons. The van der Waals surface area contributed by atoms with Crippen molar-refractivity contribution in [3.8, 4) is 0 Å². The summed E-state index contributed by atoms with van der Waals surface area (Å²) in [7, 11) is 0. The summed E-state index contributed by atoms with van der Waals surface area (Å²) in [6, 6.07) is 9.66. The van der Waals surface area contributed by atoms with Crippen molar-refractivity contribution < 1.29 is 9.18 Å². The molecular formula is C15H11BrFN3OS. The fourth-order valence-electron chi connectivity index (χ4n) is 2.09. The Labute approximate surface area is 138 Å². The molecule has 0 unspecified atom stereocenters. The van der Waals surface area contributed by atoms with Crippen molar-refractivity contribution in [2.24, 2.45) is 0 Å². The largest absolute Gasteiger partial charge is 0.320 e. The lowest BCUT2D eigenvalue weighted by Crippen LogP contribution is -2.13. The van der Waals surface area contributed by atoms with Crippen molar-refractivity contribution >= 4 is 44.8 Å². The first kappa shape index (κ1) is 15.1. The number of anilines is 1. The van der Waals surface area contributed by atoms with Gasteiger partial charge in [-0.1, -0.05) is 17.8 Å². The molecule has 0 aliphatic carbocycles. The van der Waals surface area contributed by atoms with Gasteiger partial charge in [0.25, 0.3) is 5.91 Å². The van der Waals surface area contributed by atoms with Gasteiger partial charge >= 0.3 is 0 Å². The fraction of sp³-hybridized carbons (Fsp3) is 0.0667. The topological polar surface area (TPSA) is 46.4 Å². The smallest absolute Gasteiger partial charge is 0.276 e. The van der Waals surface area contributed by atoms with Crippen LogP contribution in [0.3, 0.4) is 0 Å². The number of carbonyl (C=O) groups is 1. The minimum atomic E-state index is -0.373. The van der Waals surface area contributed by atoms with E-state index < -0.39 is 0 Å². The second-order valence-corrected chi connectivity index (χ2v) is 6.11. The van der Waals surface area contributed by atoms with Crippen LogP contribution in [0.4, 0.5) is 10.1 Å². The van der Waals surface area contributed by atoms with E-state index >= 15 is 0 Å². The molecule has 0 aliphatic heterocycles. The van der Waals surface area contributed by atoms with E-state index in [1.54, 1.807) is 0 Å². The first-order valence-electron chi connectivity index (χ1n) is 6.37. The number of thioether (sulfide) groups is 1. The molecule has 7 heteroatoms. The van der Waals surface area contributed by atoms with E-state index in [2.05, 4.69) is 26.2 Å². The number of fused-ring (bicyclic) bond motifs is 1. The predicted molar refractivity (Wildman–Crippen MR) is 89.0 cm³/mol. The van der Waals surface area contributed by atoms with Gasteiger partial charge in [0.05, 0.1) is 11.2 Å². The number of pyridine rings is 1. The summed E-state index contributed by atoms with van der Waals surface area (Å²) in [5, 5.41) is 3.48. The number of hydrogen-bond donors (Lipinski definition) is 1. The maximum Gasteiger partial charge on any atom is 0.276 e. The highest BCUT2D eigenvalue weighted by Gasteiger charge is 2.17. The summed E-state index contributed by atoms with van der Waals surface area (Å²) in [4.78, 5) is 16.9. The van der Waals surface area contributed by atoms with Gasteiger partial charge in [-0.15, -0.1) is 0 Å². The summed E-state index contributed by atoms with van der Waals surface area (Å²) in [6.45, 7) is 0. The number of amides is 1. The molecule has 3 rings (SSSR count). The highest BCUT2D eigenvalue weighted by Crippen LogP contribution is 2.25. The van der Waals surface area contributed by atoms with Gasteiger partial charge < -0.3 is 5.32 Å². The van der Waals surface area contributed by atoms with Crippen LogP contribution in [0.1, 0.15) is 10.5 Å². The predicted octanol–water partition coefficient (Wildman–Crippen LogP) is 4.21. The molecule has 0 atom stereocenters. The van der Waals surface area contributed by atoms with Crippen LogP contribution in [0.25, 0.3) is 5.52 Å². The Bertz CT molecular complexity index is 865. The van der Waals surface area contributed by atoms with Crippen molar-refractivity contribution in [1.29, 1.82) is 0 Å². The number of nitrogens with one attached hydrogen (secondary N) is 1. The molecule has 1 amide bonds. The number of halogens is 2. The summed E-state index contributed by atoms with van der Waals surface area (Å²) in [6.07, 6.45) is 3.76. The van der Waals surface area contributed by atoms with Crippen LogP contribution in [0.2, 0.25) is 0 Å². The van der Waals surface area contributed by atoms with Gasteiger partial charge in [0.2, 0.25) is 0 Å². The van der Waals surface area contributed by atoms with E-state index in [-0.39, 0.29) is 11.7 Å². The van der Waals surface area contributed by atoms with E-state index in [9.17, 15) is 9.18 Å². The zero-order chi connectivity index (χ0) is 15.7. The minimum absolute atomic E-state index is 0.334. The summed E-state index contributed by atoms with van der Waals surface area (Å²) < 4.78 is 15.4. The van der Waals surface area contributed by atoms with Crippen molar-refractivity contribution in [1.82, 2.24) is 9.38 Å². The third kappa shape index (κ3) is 2.74.